The third-order valence-electron chi connectivity index (χ3n) is 4.18. The Balaban J connectivity index is 2.18. The van der Waals surface area contributed by atoms with Gasteiger partial charge < -0.3 is 10.4 Å². The van der Waals surface area contributed by atoms with Crippen molar-refractivity contribution in [3.8, 4) is 0 Å². The van der Waals surface area contributed by atoms with E-state index in [2.05, 4.69) is 5.32 Å². The highest BCUT2D eigenvalue weighted by molar-refractivity contribution is 5.96. The average molecular weight is 275 g/mol. The average Bonchev–Trinajstić information content (AvgIpc) is 2.76. The van der Waals surface area contributed by atoms with E-state index in [0.717, 1.165) is 16.8 Å². The molecule has 108 valence electrons. The molecular formula is C16H21NO3. The van der Waals surface area contributed by atoms with Crippen molar-refractivity contribution >= 4 is 17.6 Å². The van der Waals surface area contributed by atoms with E-state index in [-0.39, 0.29) is 11.8 Å². The van der Waals surface area contributed by atoms with Crippen LogP contribution in [0.15, 0.2) is 18.2 Å². The molecule has 2 rings (SSSR count). The van der Waals surface area contributed by atoms with Gasteiger partial charge in [-0.2, -0.15) is 0 Å². The van der Waals surface area contributed by atoms with Gasteiger partial charge in [0.15, 0.2) is 0 Å². The van der Waals surface area contributed by atoms with Gasteiger partial charge in [0, 0.05) is 5.69 Å². The molecule has 0 saturated heterocycles. The maximum atomic E-state index is 12.4. The summed E-state index contributed by atoms with van der Waals surface area (Å²) in [6, 6.07) is 5.82. The number of aryl methyl sites for hydroxylation is 2. The highest BCUT2D eigenvalue weighted by Crippen LogP contribution is 2.37. The molecule has 3 atom stereocenters. The number of nitrogens with one attached hydrogen (secondary N) is 1. The minimum Gasteiger partial charge on any atom is -0.481 e. The molecular weight excluding hydrogens is 254 g/mol. The molecule has 1 aromatic carbocycles. The van der Waals surface area contributed by atoms with Gasteiger partial charge in [-0.15, -0.1) is 0 Å². The molecule has 0 aliphatic heterocycles. The number of carboxylic acid groups (broad SMARTS) is 1. The molecule has 2 N–H and O–H groups in total. The third kappa shape index (κ3) is 2.84. The summed E-state index contributed by atoms with van der Waals surface area (Å²) in [7, 11) is 0. The van der Waals surface area contributed by atoms with Gasteiger partial charge in [-0.25, -0.2) is 0 Å². The normalized spacial score (nSPS) is 25.4. The molecule has 1 saturated carbocycles. The van der Waals surface area contributed by atoms with Gasteiger partial charge in [0.2, 0.25) is 5.91 Å². The highest BCUT2D eigenvalue weighted by atomic mass is 16.4. The second kappa shape index (κ2) is 5.65. The molecule has 0 bridgehead atoms. The summed E-state index contributed by atoms with van der Waals surface area (Å²) >= 11 is 0. The molecule has 0 heterocycles. The van der Waals surface area contributed by atoms with Gasteiger partial charge in [0.05, 0.1) is 11.8 Å². The summed E-state index contributed by atoms with van der Waals surface area (Å²) in [5, 5.41) is 12.2. The van der Waals surface area contributed by atoms with Gasteiger partial charge >= 0.3 is 5.97 Å². The zero-order chi connectivity index (χ0) is 14.9. The van der Waals surface area contributed by atoms with E-state index in [1.165, 1.54) is 0 Å². The van der Waals surface area contributed by atoms with E-state index < -0.39 is 17.8 Å². The zero-order valence-electron chi connectivity index (χ0n) is 12.1. The number of anilines is 1. The van der Waals surface area contributed by atoms with Crippen LogP contribution in [0.5, 0.6) is 0 Å². The summed E-state index contributed by atoms with van der Waals surface area (Å²) in [5.41, 5.74) is 2.80. The molecule has 1 aliphatic rings. The zero-order valence-corrected chi connectivity index (χ0v) is 12.1. The molecule has 4 heteroatoms. The number of hydrogen-bond donors (Lipinski definition) is 2. The summed E-state index contributed by atoms with van der Waals surface area (Å²) in [6.07, 6.45) is 1.23. The number of carboxylic acids is 1. The number of rotatable bonds is 3. The molecule has 0 radical (unpaired) electrons. The highest BCUT2D eigenvalue weighted by Gasteiger charge is 2.41. The molecule has 20 heavy (non-hydrogen) atoms. The number of amides is 1. The lowest BCUT2D eigenvalue weighted by atomic mass is 9.95. The van der Waals surface area contributed by atoms with Gasteiger partial charge in [0.25, 0.3) is 0 Å². The molecule has 1 aliphatic carbocycles. The van der Waals surface area contributed by atoms with E-state index in [9.17, 15) is 14.7 Å². The Morgan fingerprint density at radius 1 is 1.15 bits per heavy atom. The summed E-state index contributed by atoms with van der Waals surface area (Å²) in [5.74, 6) is -1.74. The number of para-hydroxylation sites is 1. The van der Waals surface area contributed by atoms with Gasteiger partial charge in [0.1, 0.15) is 0 Å². The topological polar surface area (TPSA) is 66.4 Å². The third-order valence-corrected chi connectivity index (χ3v) is 4.18. The van der Waals surface area contributed by atoms with E-state index in [1.54, 1.807) is 0 Å². The number of benzene rings is 1. The smallest absolute Gasteiger partial charge is 0.307 e. The molecule has 1 fully saturated rings. The standard InChI is InChI=1S/C16H21NO3/c1-9-7-12(13(8-9)16(19)20)15(18)17-14-10(2)5-4-6-11(14)3/h4-6,9,12-13H,7-8H2,1-3H3,(H,17,18)(H,19,20)/t9?,12-,13+/m0/s1. The van der Waals surface area contributed by atoms with Crippen LogP contribution < -0.4 is 5.32 Å². The summed E-state index contributed by atoms with van der Waals surface area (Å²) in [4.78, 5) is 23.7. The van der Waals surface area contributed by atoms with Crippen LogP contribution in [0.4, 0.5) is 5.69 Å². The fourth-order valence-electron chi connectivity index (χ4n) is 3.08. The van der Waals surface area contributed by atoms with Crippen molar-refractivity contribution in [1.29, 1.82) is 0 Å². The van der Waals surface area contributed by atoms with E-state index in [4.69, 9.17) is 0 Å². The van der Waals surface area contributed by atoms with Crippen molar-refractivity contribution in [2.45, 2.75) is 33.6 Å². The molecule has 1 aromatic rings. The SMILES string of the molecule is Cc1cccc(C)c1NC(=O)[C@H]1CC(C)C[C@H]1C(=O)O. The van der Waals surface area contributed by atoms with Gasteiger partial charge in [-0.05, 0) is 43.7 Å². The van der Waals surface area contributed by atoms with Crippen molar-refractivity contribution in [3.05, 3.63) is 29.3 Å². The van der Waals surface area contributed by atoms with Crippen LogP contribution in [-0.4, -0.2) is 17.0 Å². The number of aliphatic carboxylic acids is 1. The van der Waals surface area contributed by atoms with E-state index >= 15 is 0 Å². The summed E-state index contributed by atoms with van der Waals surface area (Å²) < 4.78 is 0. The minimum absolute atomic E-state index is 0.167. The van der Waals surface area contributed by atoms with Crippen molar-refractivity contribution in [2.75, 3.05) is 5.32 Å². The second-order valence-electron chi connectivity index (χ2n) is 5.88. The maximum Gasteiger partial charge on any atom is 0.307 e. The Hall–Kier alpha value is -1.84. The van der Waals surface area contributed by atoms with E-state index in [1.807, 2.05) is 39.0 Å². The van der Waals surface area contributed by atoms with Crippen molar-refractivity contribution in [2.24, 2.45) is 17.8 Å². The first-order chi connectivity index (χ1) is 9.40. The Morgan fingerprint density at radius 3 is 2.25 bits per heavy atom. The number of hydrogen-bond acceptors (Lipinski definition) is 2. The lowest BCUT2D eigenvalue weighted by Gasteiger charge is -2.18. The Kier molecular flexibility index (Phi) is 4.12. The van der Waals surface area contributed by atoms with Gasteiger partial charge in [-0.1, -0.05) is 25.1 Å². The number of carbonyl (C=O) groups is 2. The van der Waals surface area contributed by atoms with Crippen LogP contribution in [0.2, 0.25) is 0 Å². The number of carbonyl (C=O) groups excluding carboxylic acids is 1. The lowest BCUT2D eigenvalue weighted by molar-refractivity contribution is -0.145. The molecule has 0 aromatic heterocycles. The van der Waals surface area contributed by atoms with Crippen LogP contribution in [0.25, 0.3) is 0 Å². The first kappa shape index (κ1) is 14.6. The maximum absolute atomic E-state index is 12.4. The first-order valence-electron chi connectivity index (χ1n) is 7.00. The van der Waals surface area contributed by atoms with Crippen LogP contribution in [0, 0.1) is 31.6 Å². The van der Waals surface area contributed by atoms with Crippen LogP contribution in [-0.2, 0) is 9.59 Å². The fraction of sp³-hybridized carbons (Fsp3) is 0.500. The van der Waals surface area contributed by atoms with Crippen molar-refractivity contribution < 1.29 is 14.7 Å². The monoisotopic (exact) mass is 275 g/mol. The van der Waals surface area contributed by atoms with Crippen molar-refractivity contribution in [1.82, 2.24) is 0 Å². The predicted molar refractivity (Wildman–Crippen MR) is 77.6 cm³/mol. The molecule has 0 spiro atoms. The van der Waals surface area contributed by atoms with E-state index in [0.29, 0.717) is 12.8 Å². The minimum atomic E-state index is -0.865. The second-order valence-corrected chi connectivity index (χ2v) is 5.88. The Bertz CT molecular complexity index is 518. The first-order valence-corrected chi connectivity index (χ1v) is 7.00. The van der Waals surface area contributed by atoms with Gasteiger partial charge in [-0.3, -0.25) is 9.59 Å². The summed E-state index contributed by atoms with van der Waals surface area (Å²) in [6.45, 7) is 5.88. The largest absolute Gasteiger partial charge is 0.481 e. The molecule has 1 unspecified atom stereocenters. The lowest BCUT2D eigenvalue weighted by Crippen LogP contribution is -2.30. The van der Waals surface area contributed by atoms with Crippen molar-refractivity contribution in [3.63, 3.8) is 0 Å². The Morgan fingerprint density at radius 2 is 1.70 bits per heavy atom. The van der Waals surface area contributed by atoms with Crippen LogP contribution in [0.3, 0.4) is 0 Å². The molecule has 4 nitrogen and oxygen atoms in total. The Labute approximate surface area is 119 Å². The van der Waals surface area contributed by atoms with Crippen LogP contribution >= 0.6 is 0 Å². The van der Waals surface area contributed by atoms with Crippen LogP contribution in [0.1, 0.15) is 30.9 Å². The quantitative estimate of drug-likeness (QED) is 0.891. The molecule has 1 amide bonds. The fourth-order valence-corrected chi connectivity index (χ4v) is 3.08. The predicted octanol–water partition coefficient (Wildman–Crippen LogP) is 2.99.